The SMILES string of the molecule is Cc1cn(-c2cccc(NC(=O)Cc3ccccc3Cl)c2)cn1. The van der Waals surface area contributed by atoms with Gasteiger partial charge in [0.1, 0.15) is 0 Å². The third kappa shape index (κ3) is 3.79. The molecule has 0 saturated heterocycles. The summed E-state index contributed by atoms with van der Waals surface area (Å²) in [7, 11) is 0. The number of hydrogen-bond acceptors (Lipinski definition) is 2. The minimum Gasteiger partial charge on any atom is -0.326 e. The number of imidazole rings is 1. The van der Waals surface area contributed by atoms with Gasteiger partial charge in [0.25, 0.3) is 0 Å². The van der Waals surface area contributed by atoms with Gasteiger partial charge in [-0.1, -0.05) is 35.9 Å². The zero-order valence-electron chi connectivity index (χ0n) is 12.7. The lowest BCUT2D eigenvalue weighted by Gasteiger charge is -2.09. The summed E-state index contributed by atoms with van der Waals surface area (Å²) >= 11 is 6.09. The molecule has 0 aliphatic heterocycles. The Bertz CT molecular complexity index is 842. The van der Waals surface area contributed by atoms with Crippen molar-refractivity contribution in [3.8, 4) is 5.69 Å². The molecule has 3 rings (SSSR count). The predicted octanol–water partition coefficient (Wildman–Crippen LogP) is 4.02. The quantitative estimate of drug-likeness (QED) is 0.787. The zero-order valence-corrected chi connectivity index (χ0v) is 13.4. The van der Waals surface area contributed by atoms with E-state index in [4.69, 9.17) is 11.6 Å². The number of nitrogens with one attached hydrogen (secondary N) is 1. The molecule has 1 N–H and O–H groups in total. The molecule has 1 aromatic heterocycles. The highest BCUT2D eigenvalue weighted by Crippen LogP contribution is 2.18. The van der Waals surface area contributed by atoms with Crippen molar-refractivity contribution in [2.45, 2.75) is 13.3 Å². The molecule has 0 aliphatic carbocycles. The maximum absolute atomic E-state index is 12.2. The maximum atomic E-state index is 12.2. The van der Waals surface area contributed by atoms with E-state index in [1.807, 2.05) is 60.2 Å². The fraction of sp³-hybridized carbons (Fsp3) is 0.111. The second kappa shape index (κ2) is 6.67. The molecule has 0 radical (unpaired) electrons. The maximum Gasteiger partial charge on any atom is 0.228 e. The van der Waals surface area contributed by atoms with Gasteiger partial charge in [-0.25, -0.2) is 4.98 Å². The molecule has 0 aliphatic rings. The minimum atomic E-state index is -0.0999. The van der Waals surface area contributed by atoms with E-state index in [2.05, 4.69) is 10.3 Å². The largest absolute Gasteiger partial charge is 0.326 e. The van der Waals surface area contributed by atoms with Gasteiger partial charge in [-0.2, -0.15) is 0 Å². The standard InChI is InChI=1S/C18H16ClN3O/c1-13-11-22(12-20-13)16-7-4-6-15(10-16)21-18(23)9-14-5-2-3-8-17(14)19/h2-8,10-12H,9H2,1H3,(H,21,23). The lowest BCUT2D eigenvalue weighted by Crippen LogP contribution is -2.14. The van der Waals surface area contributed by atoms with Gasteiger partial charge in [0, 0.05) is 22.6 Å². The Morgan fingerprint density at radius 2 is 2.04 bits per heavy atom. The molecule has 1 amide bonds. The number of carbonyl (C=O) groups excluding carboxylic acids is 1. The van der Waals surface area contributed by atoms with Crippen LogP contribution in [0.2, 0.25) is 5.02 Å². The summed E-state index contributed by atoms with van der Waals surface area (Å²) in [5.74, 6) is -0.0999. The number of amides is 1. The van der Waals surface area contributed by atoms with Crippen molar-refractivity contribution in [3.63, 3.8) is 0 Å². The van der Waals surface area contributed by atoms with Crippen molar-refractivity contribution in [3.05, 3.63) is 77.3 Å². The van der Waals surface area contributed by atoms with Crippen LogP contribution in [0.1, 0.15) is 11.3 Å². The summed E-state index contributed by atoms with van der Waals surface area (Å²) in [6.45, 7) is 1.94. The van der Waals surface area contributed by atoms with Crippen LogP contribution in [0.5, 0.6) is 0 Å². The Morgan fingerprint density at radius 1 is 1.22 bits per heavy atom. The third-order valence-electron chi connectivity index (χ3n) is 3.45. The average molecular weight is 326 g/mol. The van der Waals surface area contributed by atoms with Crippen LogP contribution in [0.15, 0.2) is 61.1 Å². The Balaban J connectivity index is 1.73. The van der Waals surface area contributed by atoms with E-state index in [0.29, 0.717) is 5.02 Å². The van der Waals surface area contributed by atoms with Crippen molar-refractivity contribution in [1.82, 2.24) is 9.55 Å². The molecule has 116 valence electrons. The van der Waals surface area contributed by atoms with Crippen molar-refractivity contribution >= 4 is 23.2 Å². The van der Waals surface area contributed by atoms with Gasteiger partial charge in [-0.15, -0.1) is 0 Å². The molecular weight excluding hydrogens is 310 g/mol. The van der Waals surface area contributed by atoms with E-state index in [0.717, 1.165) is 22.6 Å². The third-order valence-corrected chi connectivity index (χ3v) is 3.82. The second-order valence-electron chi connectivity index (χ2n) is 5.29. The first-order valence-electron chi connectivity index (χ1n) is 7.26. The molecule has 0 unspecified atom stereocenters. The monoisotopic (exact) mass is 325 g/mol. The fourth-order valence-electron chi connectivity index (χ4n) is 2.33. The van der Waals surface area contributed by atoms with Crippen molar-refractivity contribution < 1.29 is 4.79 Å². The van der Waals surface area contributed by atoms with Gasteiger partial charge in [0.15, 0.2) is 0 Å². The Morgan fingerprint density at radius 3 is 2.78 bits per heavy atom. The smallest absolute Gasteiger partial charge is 0.228 e. The van der Waals surface area contributed by atoms with Crippen LogP contribution in [-0.2, 0) is 11.2 Å². The number of hydrogen-bond donors (Lipinski definition) is 1. The van der Waals surface area contributed by atoms with Crippen molar-refractivity contribution in [2.75, 3.05) is 5.32 Å². The molecule has 3 aromatic rings. The second-order valence-corrected chi connectivity index (χ2v) is 5.70. The first-order chi connectivity index (χ1) is 11.1. The molecule has 2 aromatic carbocycles. The highest BCUT2D eigenvalue weighted by Gasteiger charge is 2.08. The molecular formula is C18H16ClN3O. The van der Waals surface area contributed by atoms with Gasteiger partial charge >= 0.3 is 0 Å². The van der Waals surface area contributed by atoms with Gasteiger partial charge in [-0.05, 0) is 36.8 Å². The predicted molar refractivity (Wildman–Crippen MR) is 92.1 cm³/mol. The van der Waals surface area contributed by atoms with E-state index in [9.17, 15) is 4.79 Å². The van der Waals surface area contributed by atoms with Gasteiger partial charge in [0.05, 0.1) is 18.4 Å². The first kappa shape index (κ1) is 15.3. The van der Waals surface area contributed by atoms with Gasteiger partial charge < -0.3 is 9.88 Å². The van der Waals surface area contributed by atoms with E-state index < -0.39 is 0 Å². The highest BCUT2D eigenvalue weighted by molar-refractivity contribution is 6.31. The van der Waals surface area contributed by atoms with Crippen molar-refractivity contribution in [2.24, 2.45) is 0 Å². The number of benzene rings is 2. The van der Waals surface area contributed by atoms with Crippen LogP contribution in [0.3, 0.4) is 0 Å². The first-order valence-corrected chi connectivity index (χ1v) is 7.64. The van der Waals surface area contributed by atoms with E-state index in [1.165, 1.54) is 0 Å². The number of halogens is 1. The molecule has 1 heterocycles. The molecule has 0 saturated carbocycles. The van der Waals surface area contributed by atoms with Crippen LogP contribution in [0, 0.1) is 6.92 Å². The number of aromatic nitrogens is 2. The topological polar surface area (TPSA) is 46.9 Å². The summed E-state index contributed by atoms with van der Waals surface area (Å²) in [4.78, 5) is 16.4. The van der Waals surface area contributed by atoms with Crippen molar-refractivity contribution in [1.29, 1.82) is 0 Å². The van der Waals surface area contributed by atoms with E-state index in [-0.39, 0.29) is 12.3 Å². The summed E-state index contributed by atoms with van der Waals surface area (Å²) in [5, 5.41) is 3.51. The number of aryl methyl sites for hydroxylation is 1. The van der Waals surface area contributed by atoms with E-state index >= 15 is 0 Å². The number of nitrogens with zero attached hydrogens (tertiary/aromatic N) is 2. The fourth-order valence-corrected chi connectivity index (χ4v) is 2.53. The molecule has 0 bridgehead atoms. The van der Waals surface area contributed by atoms with Crippen LogP contribution < -0.4 is 5.32 Å². The lowest BCUT2D eigenvalue weighted by molar-refractivity contribution is -0.115. The Kier molecular flexibility index (Phi) is 4.44. The molecule has 5 heteroatoms. The highest BCUT2D eigenvalue weighted by atomic mass is 35.5. The Hall–Kier alpha value is -2.59. The minimum absolute atomic E-state index is 0.0999. The van der Waals surface area contributed by atoms with Gasteiger partial charge in [0.2, 0.25) is 5.91 Å². The van der Waals surface area contributed by atoms with Crippen LogP contribution in [0.25, 0.3) is 5.69 Å². The van der Waals surface area contributed by atoms with Crippen LogP contribution >= 0.6 is 11.6 Å². The molecule has 23 heavy (non-hydrogen) atoms. The number of carbonyl (C=O) groups is 1. The lowest BCUT2D eigenvalue weighted by atomic mass is 10.1. The summed E-state index contributed by atoms with van der Waals surface area (Å²) < 4.78 is 1.92. The summed E-state index contributed by atoms with van der Waals surface area (Å²) in [5.41, 5.74) is 3.44. The molecule has 0 spiro atoms. The Labute approximate surface area is 139 Å². The van der Waals surface area contributed by atoms with Crippen LogP contribution in [0.4, 0.5) is 5.69 Å². The average Bonchev–Trinajstić information content (AvgIpc) is 2.96. The van der Waals surface area contributed by atoms with Crippen LogP contribution in [-0.4, -0.2) is 15.5 Å². The molecule has 0 atom stereocenters. The summed E-state index contributed by atoms with van der Waals surface area (Å²) in [6, 6.07) is 15.0. The summed E-state index contributed by atoms with van der Waals surface area (Å²) in [6.07, 6.45) is 3.93. The number of anilines is 1. The molecule has 0 fully saturated rings. The van der Waals surface area contributed by atoms with E-state index in [1.54, 1.807) is 12.4 Å². The van der Waals surface area contributed by atoms with Gasteiger partial charge in [-0.3, -0.25) is 4.79 Å². The zero-order chi connectivity index (χ0) is 16.2. The molecule has 4 nitrogen and oxygen atoms in total. The normalized spacial score (nSPS) is 10.5. The number of rotatable bonds is 4.